The van der Waals surface area contributed by atoms with Crippen LogP contribution in [0.1, 0.15) is 19.8 Å². The summed E-state index contributed by atoms with van der Waals surface area (Å²) >= 11 is 0. The zero-order valence-corrected chi connectivity index (χ0v) is 10.7. The van der Waals surface area contributed by atoms with Crippen molar-refractivity contribution >= 4 is 17.3 Å². The molecule has 6 nitrogen and oxygen atoms in total. The lowest BCUT2D eigenvalue weighted by Gasteiger charge is -2.22. The number of nitrogens with two attached hydrogens (primary N) is 1. The third kappa shape index (κ3) is 2.08. The second-order valence-electron chi connectivity index (χ2n) is 4.93. The second kappa shape index (κ2) is 4.31. The normalized spacial score (nSPS) is 24.5. The Morgan fingerprint density at radius 2 is 2.11 bits per heavy atom. The quantitative estimate of drug-likeness (QED) is 0.791. The molecule has 1 atom stereocenters. The van der Waals surface area contributed by atoms with Crippen LogP contribution in [-0.4, -0.2) is 24.9 Å². The molecule has 0 bridgehead atoms. The van der Waals surface area contributed by atoms with Gasteiger partial charge in [0.2, 0.25) is 6.79 Å². The van der Waals surface area contributed by atoms with Crippen molar-refractivity contribution in [3.63, 3.8) is 0 Å². The van der Waals surface area contributed by atoms with E-state index in [0.717, 1.165) is 6.42 Å². The standard InChI is InChI=1S/C13H16N2O4/c1-13(3-2-4-19-13)12(16)15-9-6-11-10(5-8(9)14)17-7-18-11/h5-6H,2-4,7,14H2,1H3,(H,15,16). The minimum absolute atomic E-state index is 0.174. The Hall–Kier alpha value is -1.95. The van der Waals surface area contributed by atoms with Crippen molar-refractivity contribution in [1.29, 1.82) is 0 Å². The summed E-state index contributed by atoms with van der Waals surface area (Å²) in [6.45, 7) is 2.58. The SMILES string of the molecule is CC1(C(=O)Nc2cc3c(cc2N)OCO3)CCCO1. The van der Waals surface area contributed by atoms with Crippen molar-refractivity contribution in [2.24, 2.45) is 0 Å². The van der Waals surface area contributed by atoms with Gasteiger partial charge in [0.1, 0.15) is 5.60 Å². The number of benzene rings is 1. The minimum atomic E-state index is -0.775. The molecule has 3 rings (SSSR count). The number of fused-ring (bicyclic) bond motifs is 1. The zero-order chi connectivity index (χ0) is 13.5. The van der Waals surface area contributed by atoms with Crippen LogP contribution in [0, 0.1) is 0 Å². The summed E-state index contributed by atoms with van der Waals surface area (Å²) in [7, 11) is 0. The molecule has 3 N–H and O–H groups in total. The fourth-order valence-electron chi connectivity index (χ4n) is 2.28. The predicted molar refractivity (Wildman–Crippen MR) is 69.2 cm³/mol. The first-order chi connectivity index (χ1) is 9.08. The van der Waals surface area contributed by atoms with Gasteiger partial charge in [-0.15, -0.1) is 0 Å². The van der Waals surface area contributed by atoms with E-state index >= 15 is 0 Å². The van der Waals surface area contributed by atoms with Crippen LogP contribution < -0.4 is 20.5 Å². The van der Waals surface area contributed by atoms with Gasteiger partial charge in [-0.1, -0.05) is 0 Å². The van der Waals surface area contributed by atoms with Gasteiger partial charge < -0.3 is 25.3 Å². The van der Waals surface area contributed by atoms with Crippen molar-refractivity contribution in [1.82, 2.24) is 0 Å². The Balaban J connectivity index is 1.82. The van der Waals surface area contributed by atoms with Gasteiger partial charge in [0.05, 0.1) is 11.4 Å². The van der Waals surface area contributed by atoms with Crippen LogP contribution in [0.2, 0.25) is 0 Å². The van der Waals surface area contributed by atoms with Crippen LogP contribution in [0.4, 0.5) is 11.4 Å². The summed E-state index contributed by atoms with van der Waals surface area (Å²) in [5.74, 6) is 0.997. The highest BCUT2D eigenvalue weighted by molar-refractivity contribution is 5.99. The summed E-state index contributed by atoms with van der Waals surface area (Å²) in [6, 6.07) is 3.32. The molecule has 1 aromatic carbocycles. The fraction of sp³-hybridized carbons (Fsp3) is 0.462. The van der Waals surface area contributed by atoms with E-state index in [4.69, 9.17) is 19.9 Å². The Morgan fingerprint density at radius 1 is 1.37 bits per heavy atom. The van der Waals surface area contributed by atoms with Crippen LogP contribution in [0.5, 0.6) is 11.5 Å². The molecule has 1 amide bonds. The van der Waals surface area contributed by atoms with Crippen molar-refractivity contribution in [2.75, 3.05) is 24.5 Å². The van der Waals surface area contributed by atoms with Crippen molar-refractivity contribution in [3.05, 3.63) is 12.1 Å². The van der Waals surface area contributed by atoms with Gasteiger partial charge in [-0.3, -0.25) is 4.79 Å². The summed E-state index contributed by atoms with van der Waals surface area (Å²) in [6.07, 6.45) is 1.60. The van der Waals surface area contributed by atoms with E-state index in [9.17, 15) is 4.79 Å². The lowest BCUT2D eigenvalue weighted by Crippen LogP contribution is -2.39. The van der Waals surface area contributed by atoms with Crippen molar-refractivity contribution in [3.8, 4) is 11.5 Å². The van der Waals surface area contributed by atoms with E-state index in [1.165, 1.54) is 0 Å². The smallest absolute Gasteiger partial charge is 0.256 e. The molecular weight excluding hydrogens is 248 g/mol. The molecule has 102 valence electrons. The summed E-state index contributed by atoms with van der Waals surface area (Å²) in [5, 5.41) is 2.80. The fourth-order valence-corrected chi connectivity index (χ4v) is 2.28. The number of nitrogens with one attached hydrogen (secondary N) is 1. The number of ether oxygens (including phenoxy) is 3. The largest absolute Gasteiger partial charge is 0.454 e. The molecule has 0 radical (unpaired) electrons. The van der Waals surface area contributed by atoms with Gasteiger partial charge >= 0.3 is 0 Å². The highest BCUT2D eigenvalue weighted by atomic mass is 16.7. The van der Waals surface area contributed by atoms with Gasteiger partial charge in [0.15, 0.2) is 11.5 Å². The number of rotatable bonds is 2. The molecule has 2 heterocycles. The Bertz CT molecular complexity index is 524. The monoisotopic (exact) mass is 264 g/mol. The van der Waals surface area contributed by atoms with E-state index in [-0.39, 0.29) is 12.7 Å². The van der Waals surface area contributed by atoms with Crippen LogP contribution in [0.3, 0.4) is 0 Å². The molecule has 0 aliphatic carbocycles. The maximum absolute atomic E-state index is 12.2. The lowest BCUT2D eigenvalue weighted by molar-refractivity contribution is -0.133. The highest BCUT2D eigenvalue weighted by Gasteiger charge is 2.38. The van der Waals surface area contributed by atoms with E-state index in [1.54, 1.807) is 19.1 Å². The molecule has 0 aromatic heterocycles. The molecule has 1 aromatic rings. The first kappa shape index (κ1) is 12.1. The first-order valence-electron chi connectivity index (χ1n) is 6.23. The maximum Gasteiger partial charge on any atom is 0.256 e. The maximum atomic E-state index is 12.2. The molecule has 2 aliphatic rings. The average Bonchev–Trinajstić information content (AvgIpc) is 2.99. The molecular formula is C13H16N2O4. The number of nitrogen functional groups attached to an aromatic ring is 1. The zero-order valence-electron chi connectivity index (χ0n) is 10.7. The molecule has 6 heteroatoms. The third-order valence-corrected chi connectivity index (χ3v) is 3.49. The summed E-state index contributed by atoms with van der Waals surface area (Å²) in [5.41, 5.74) is 6.08. The van der Waals surface area contributed by atoms with Gasteiger partial charge in [0, 0.05) is 18.7 Å². The van der Waals surface area contributed by atoms with Crippen LogP contribution in [0.15, 0.2) is 12.1 Å². The number of hydrogen-bond donors (Lipinski definition) is 2. The molecule has 19 heavy (non-hydrogen) atoms. The number of carbonyl (C=O) groups excluding carboxylic acids is 1. The van der Waals surface area contributed by atoms with E-state index in [2.05, 4.69) is 5.32 Å². The molecule has 1 unspecified atom stereocenters. The minimum Gasteiger partial charge on any atom is -0.454 e. The summed E-state index contributed by atoms with van der Waals surface area (Å²) in [4.78, 5) is 12.2. The Kier molecular flexibility index (Phi) is 2.74. The second-order valence-corrected chi connectivity index (χ2v) is 4.93. The topological polar surface area (TPSA) is 82.8 Å². The molecule has 1 fully saturated rings. The van der Waals surface area contributed by atoms with Crippen molar-refractivity contribution in [2.45, 2.75) is 25.4 Å². The highest BCUT2D eigenvalue weighted by Crippen LogP contribution is 2.39. The van der Waals surface area contributed by atoms with Gasteiger partial charge in [-0.25, -0.2) is 0 Å². The number of hydrogen-bond acceptors (Lipinski definition) is 5. The van der Waals surface area contributed by atoms with Crippen LogP contribution >= 0.6 is 0 Å². The average molecular weight is 264 g/mol. The van der Waals surface area contributed by atoms with E-state index in [1.807, 2.05) is 0 Å². The van der Waals surface area contributed by atoms with Crippen LogP contribution in [-0.2, 0) is 9.53 Å². The van der Waals surface area contributed by atoms with Crippen LogP contribution in [0.25, 0.3) is 0 Å². The molecule has 0 spiro atoms. The first-order valence-corrected chi connectivity index (χ1v) is 6.23. The Morgan fingerprint density at radius 3 is 2.79 bits per heavy atom. The molecule has 1 saturated heterocycles. The number of carbonyl (C=O) groups is 1. The Labute approximate surface area is 110 Å². The van der Waals surface area contributed by atoms with Crippen molar-refractivity contribution < 1.29 is 19.0 Å². The van der Waals surface area contributed by atoms with Gasteiger partial charge in [-0.05, 0) is 19.8 Å². The lowest BCUT2D eigenvalue weighted by atomic mass is 10.0. The number of anilines is 2. The molecule has 2 aliphatic heterocycles. The third-order valence-electron chi connectivity index (χ3n) is 3.49. The van der Waals surface area contributed by atoms with E-state index in [0.29, 0.717) is 35.9 Å². The number of amides is 1. The van der Waals surface area contributed by atoms with Gasteiger partial charge in [-0.2, -0.15) is 0 Å². The summed E-state index contributed by atoms with van der Waals surface area (Å²) < 4.78 is 16.0. The van der Waals surface area contributed by atoms with Gasteiger partial charge in [0.25, 0.3) is 5.91 Å². The van der Waals surface area contributed by atoms with E-state index < -0.39 is 5.60 Å². The molecule has 0 saturated carbocycles. The predicted octanol–water partition coefficient (Wildman–Crippen LogP) is 1.51.